The molecule has 3 rings (SSSR count). The van der Waals surface area contributed by atoms with E-state index in [0.29, 0.717) is 16.3 Å². The Labute approximate surface area is 144 Å². The molecular weight excluding hydrogens is 332 g/mol. The van der Waals surface area contributed by atoms with Crippen LogP contribution in [0.2, 0.25) is 5.02 Å². The maximum atomic E-state index is 12.6. The summed E-state index contributed by atoms with van der Waals surface area (Å²) in [6.07, 6.45) is 2.52. The highest BCUT2D eigenvalue weighted by Crippen LogP contribution is 2.31. The summed E-state index contributed by atoms with van der Waals surface area (Å²) in [4.78, 5) is 18.9. The first-order valence-corrected chi connectivity index (χ1v) is 8.78. The van der Waals surface area contributed by atoms with Crippen LogP contribution in [0.3, 0.4) is 0 Å². The van der Waals surface area contributed by atoms with Crippen LogP contribution in [-0.2, 0) is 6.54 Å². The first kappa shape index (κ1) is 16.3. The van der Waals surface area contributed by atoms with Crippen molar-refractivity contribution in [3.63, 3.8) is 0 Å². The monoisotopic (exact) mass is 350 g/mol. The Morgan fingerprint density at radius 2 is 2.17 bits per heavy atom. The number of aryl methyl sites for hydroxylation is 1. The quantitative estimate of drug-likeness (QED) is 0.837. The summed E-state index contributed by atoms with van der Waals surface area (Å²) in [5, 5.41) is 0.494. The summed E-state index contributed by atoms with van der Waals surface area (Å²) in [5.74, 6) is 0.884. The lowest BCUT2D eigenvalue weighted by Crippen LogP contribution is -2.19. The molecule has 1 saturated carbocycles. The van der Waals surface area contributed by atoms with E-state index in [-0.39, 0.29) is 5.91 Å². The molecule has 1 fully saturated rings. The summed E-state index contributed by atoms with van der Waals surface area (Å²) in [7, 11) is 1.53. The number of nitrogens with zero attached hydrogens (tertiary/aromatic N) is 2. The highest BCUT2D eigenvalue weighted by atomic mass is 35.5. The second-order valence-electron chi connectivity index (χ2n) is 5.84. The van der Waals surface area contributed by atoms with Gasteiger partial charge in [0.05, 0.1) is 12.7 Å². The van der Waals surface area contributed by atoms with E-state index in [4.69, 9.17) is 16.3 Å². The second-order valence-corrected chi connectivity index (χ2v) is 7.46. The van der Waals surface area contributed by atoms with E-state index in [1.807, 2.05) is 0 Å². The van der Waals surface area contributed by atoms with Gasteiger partial charge in [0.1, 0.15) is 5.75 Å². The molecule has 0 saturated heterocycles. The normalized spacial score (nSPS) is 15.0. The third kappa shape index (κ3) is 3.51. The number of halogens is 1. The van der Waals surface area contributed by atoms with Crippen LogP contribution in [0.4, 0.5) is 0 Å². The maximum Gasteiger partial charge on any atom is 0.283 e. The number of methoxy groups -OCH3 is 1. The number of amides is 1. The molecule has 6 heteroatoms. The topological polar surface area (TPSA) is 43.6 Å². The predicted octanol–water partition coefficient (Wildman–Crippen LogP) is 3.98. The molecule has 0 aliphatic heterocycles. The number of thiazole rings is 1. The molecule has 0 atom stereocenters. The fraction of sp³-hybridized carbons (Fsp3) is 0.412. The first-order valence-electron chi connectivity index (χ1n) is 7.59. The summed E-state index contributed by atoms with van der Waals surface area (Å²) >= 11 is 7.56. The van der Waals surface area contributed by atoms with Crippen LogP contribution in [0.1, 0.15) is 33.8 Å². The molecule has 1 aliphatic carbocycles. The molecule has 0 bridgehead atoms. The van der Waals surface area contributed by atoms with Crippen molar-refractivity contribution in [2.75, 3.05) is 7.11 Å². The van der Waals surface area contributed by atoms with Crippen LogP contribution in [0.25, 0.3) is 0 Å². The number of carbonyl (C=O) groups is 1. The average Bonchev–Trinajstić information content (AvgIpc) is 3.30. The van der Waals surface area contributed by atoms with Gasteiger partial charge in [-0.25, -0.2) is 0 Å². The van der Waals surface area contributed by atoms with Crippen LogP contribution in [0, 0.1) is 19.8 Å². The van der Waals surface area contributed by atoms with Crippen molar-refractivity contribution in [2.24, 2.45) is 10.9 Å². The molecule has 122 valence electrons. The minimum atomic E-state index is -0.324. The standard InChI is InChI=1S/C17H19ClN2O2S/c1-10-11(2)23-17(20(10)9-12-4-5-12)19-16(21)14-8-13(18)6-7-15(14)22-3/h6-8,12H,4-5,9H2,1-3H3. The van der Waals surface area contributed by atoms with E-state index in [2.05, 4.69) is 23.4 Å². The van der Waals surface area contributed by atoms with Crippen molar-refractivity contribution >= 4 is 28.8 Å². The van der Waals surface area contributed by atoms with Crippen molar-refractivity contribution in [1.82, 2.24) is 4.57 Å². The Hall–Kier alpha value is -1.59. The lowest BCUT2D eigenvalue weighted by Gasteiger charge is -2.06. The van der Waals surface area contributed by atoms with Gasteiger partial charge in [-0.3, -0.25) is 4.79 Å². The van der Waals surface area contributed by atoms with Crippen molar-refractivity contribution in [2.45, 2.75) is 33.2 Å². The Morgan fingerprint density at radius 3 is 2.83 bits per heavy atom. The van der Waals surface area contributed by atoms with Gasteiger partial charge in [0.25, 0.3) is 5.91 Å². The van der Waals surface area contributed by atoms with Gasteiger partial charge in [-0.05, 0) is 50.8 Å². The minimum absolute atomic E-state index is 0.324. The van der Waals surface area contributed by atoms with Gasteiger partial charge in [-0.15, -0.1) is 11.3 Å². The number of benzene rings is 1. The average molecular weight is 351 g/mol. The Kier molecular flexibility index (Phi) is 4.60. The molecule has 1 heterocycles. The highest BCUT2D eigenvalue weighted by molar-refractivity contribution is 7.09. The molecule has 0 N–H and O–H groups in total. The van der Waals surface area contributed by atoms with Gasteiger partial charge in [0.2, 0.25) is 0 Å². The van der Waals surface area contributed by atoms with E-state index < -0.39 is 0 Å². The fourth-order valence-electron chi connectivity index (χ4n) is 2.45. The van der Waals surface area contributed by atoms with Crippen LogP contribution in [0.15, 0.2) is 23.2 Å². The van der Waals surface area contributed by atoms with Gasteiger partial charge in [0, 0.05) is 22.1 Å². The van der Waals surface area contributed by atoms with E-state index in [1.165, 1.54) is 30.5 Å². The maximum absolute atomic E-state index is 12.6. The molecular formula is C17H19ClN2O2S. The Bertz CT molecular complexity index is 818. The highest BCUT2D eigenvalue weighted by Gasteiger charge is 2.23. The number of hydrogen-bond donors (Lipinski definition) is 0. The minimum Gasteiger partial charge on any atom is -0.496 e. The molecule has 1 aliphatic rings. The third-order valence-corrected chi connectivity index (χ3v) is 5.45. The molecule has 1 amide bonds. The van der Waals surface area contributed by atoms with Crippen LogP contribution >= 0.6 is 22.9 Å². The smallest absolute Gasteiger partial charge is 0.283 e. The van der Waals surface area contributed by atoms with Gasteiger partial charge in [-0.1, -0.05) is 11.6 Å². The van der Waals surface area contributed by atoms with Crippen molar-refractivity contribution in [3.05, 3.63) is 44.2 Å². The Balaban J connectivity index is 2.03. The summed E-state index contributed by atoms with van der Waals surface area (Å²) in [6.45, 7) is 5.08. The van der Waals surface area contributed by atoms with Crippen molar-refractivity contribution in [1.29, 1.82) is 0 Å². The van der Waals surface area contributed by atoms with Crippen molar-refractivity contribution in [3.8, 4) is 5.75 Å². The first-order chi connectivity index (χ1) is 11.0. The van der Waals surface area contributed by atoms with Gasteiger partial charge < -0.3 is 9.30 Å². The third-order valence-electron chi connectivity index (χ3n) is 4.12. The number of rotatable bonds is 4. The summed E-state index contributed by atoms with van der Waals surface area (Å²) in [6, 6.07) is 4.99. The lowest BCUT2D eigenvalue weighted by atomic mass is 10.2. The van der Waals surface area contributed by atoms with E-state index in [1.54, 1.807) is 29.5 Å². The molecule has 2 aromatic rings. The zero-order chi connectivity index (χ0) is 16.6. The summed E-state index contributed by atoms with van der Waals surface area (Å²) in [5.41, 5.74) is 1.58. The second kappa shape index (κ2) is 6.49. The molecule has 23 heavy (non-hydrogen) atoms. The molecule has 0 spiro atoms. The zero-order valence-electron chi connectivity index (χ0n) is 13.4. The Morgan fingerprint density at radius 1 is 1.43 bits per heavy atom. The lowest BCUT2D eigenvalue weighted by molar-refractivity contribution is 0.0994. The number of hydrogen-bond acceptors (Lipinski definition) is 3. The van der Waals surface area contributed by atoms with Gasteiger partial charge in [0.15, 0.2) is 4.80 Å². The van der Waals surface area contributed by atoms with Crippen molar-refractivity contribution < 1.29 is 9.53 Å². The zero-order valence-corrected chi connectivity index (χ0v) is 15.0. The predicted molar refractivity (Wildman–Crippen MR) is 92.4 cm³/mol. The molecule has 1 aromatic carbocycles. The van der Waals surface area contributed by atoms with Crippen LogP contribution in [0.5, 0.6) is 5.75 Å². The van der Waals surface area contributed by atoms with E-state index >= 15 is 0 Å². The van der Waals surface area contributed by atoms with E-state index in [0.717, 1.165) is 17.3 Å². The number of aromatic nitrogens is 1. The number of ether oxygens (including phenoxy) is 1. The van der Waals surface area contributed by atoms with Crippen LogP contribution in [-0.4, -0.2) is 17.6 Å². The van der Waals surface area contributed by atoms with Gasteiger partial charge in [-0.2, -0.15) is 4.99 Å². The fourth-order valence-corrected chi connectivity index (χ4v) is 3.60. The molecule has 1 aromatic heterocycles. The SMILES string of the molecule is COc1ccc(Cl)cc1C(=O)N=c1sc(C)c(C)n1CC1CC1. The largest absolute Gasteiger partial charge is 0.496 e. The van der Waals surface area contributed by atoms with E-state index in [9.17, 15) is 4.79 Å². The molecule has 0 unspecified atom stereocenters. The van der Waals surface area contributed by atoms with Gasteiger partial charge >= 0.3 is 0 Å². The summed E-state index contributed by atoms with van der Waals surface area (Å²) < 4.78 is 7.41. The molecule has 4 nitrogen and oxygen atoms in total. The molecule has 0 radical (unpaired) electrons. The van der Waals surface area contributed by atoms with Crippen LogP contribution < -0.4 is 9.54 Å². The number of carbonyl (C=O) groups excluding carboxylic acids is 1.